The predicted molar refractivity (Wildman–Crippen MR) is 77.3 cm³/mol. The summed E-state index contributed by atoms with van der Waals surface area (Å²) in [6.07, 6.45) is -1.10. The molecule has 1 aliphatic carbocycles. The van der Waals surface area contributed by atoms with Crippen LogP contribution < -0.4 is 22.5 Å². The van der Waals surface area contributed by atoms with Crippen LogP contribution in [0.4, 0.5) is 0 Å². The van der Waals surface area contributed by atoms with Crippen molar-refractivity contribution in [1.29, 1.82) is 0 Å². The maximum absolute atomic E-state index is 10.4. The van der Waals surface area contributed by atoms with Crippen molar-refractivity contribution in [3.8, 4) is 0 Å². The van der Waals surface area contributed by atoms with Gasteiger partial charge in [0.25, 0.3) is 0 Å². The van der Waals surface area contributed by atoms with Gasteiger partial charge in [-0.2, -0.15) is 0 Å². The lowest BCUT2D eigenvalue weighted by Crippen LogP contribution is -2.65. The fraction of sp³-hybridized carbons (Fsp3) is 1.00. The van der Waals surface area contributed by atoms with Gasteiger partial charge >= 0.3 is 0 Å². The van der Waals surface area contributed by atoms with Gasteiger partial charge in [-0.15, -0.1) is 0 Å². The van der Waals surface area contributed by atoms with Crippen molar-refractivity contribution in [3.05, 3.63) is 0 Å². The first-order valence-corrected chi connectivity index (χ1v) is 7.53. The van der Waals surface area contributed by atoms with Gasteiger partial charge in [-0.1, -0.05) is 0 Å². The molecule has 9 N–H and O–H groups in total. The van der Waals surface area contributed by atoms with Gasteiger partial charge in [-0.3, -0.25) is 0 Å². The Labute approximate surface area is 124 Å². The second-order valence-electron chi connectivity index (χ2n) is 5.98. The Hall–Kier alpha value is -0.320. The van der Waals surface area contributed by atoms with Crippen LogP contribution in [0.3, 0.4) is 0 Å². The Bertz CT molecular complexity index is 335. The molecule has 0 spiro atoms. The normalized spacial score (nSPS) is 48.3. The van der Waals surface area contributed by atoms with Gasteiger partial charge in [0, 0.05) is 12.6 Å². The first-order chi connectivity index (χ1) is 9.97. The standard InChI is InChI=1S/C13H28N4O4/c1-17-10-9(18)4-8(16)12(11(10)19)21-13-7(15)3-2-6(5-14)20-13/h6-13,17-19H,2-5,14-16H2,1H3/t6-,7+,8-,9+,10-,11+,12+,13+/m0/s1. The third-order valence-corrected chi connectivity index (χ3v) is 4.44. The molecule has 2 aliphatic rings. The minimum absolute atomic E-state index is 0.0857. The van der Waals surface area contributed by atoms with Crippen molar-refractivity contribution >= 4 is 0 Å². The van der Waals surface area contributed by atoms with Gasteiger partial charge in [0.2, 0.25) is 0 Å². The number of aliphatic hydroxyl groups is 2. The first-order valence-electron chi connectivity index (χ1n) is 7.53. The summed E-state index contributed by atoms with van der Waals surface area (Å²) in [5.74, 6) is 0. The number of nitrogens with two attached hydrogens (primary N) is 3. The van der Waals surface area contributed by atoms with E-state index in [-0.39, 0.29) is 12.1 Å². The SMILES string of the molecule is CN[C@@H]1[C@@H](O)[C@H](O[C@H]2O[C@H](CN)CC[C@H]2N)[C@@H](N)C[C@H]1O. The Kier molecular flexibility index (Phi) is 5.92. The monoisotopic (exact) mass is 304 g/mol. The van der Waals surface area contributed by atoms with Crippen molar-refractivity contribution in [2.24, 2.45) is 17.2 Å². The molecule has 8 heteroatoms. The summed E-state index contributed by atoms with van der Waals surface area (Å²) in [5.41, 5.74) is 17.7. The largest absolute Gasteiger partial charge is 0.391 e. The molecule has 0 radical (unpaired) electrons. The van der Waals surface area contributed by atoms with E-state index in [0.29, 0.717) is 13.0 Å². The van der Waals surface area contributed by atoms with Gasteiger partial charge in [-0.05, 0) is 26.3 Å². The number of hydrogen-bond acceptors (Lipinski definition) is 8. The fourth-order valence-corrected chi connectivity index (χ4v) is 3.12. The molecule has 0 bridgehead atoms. The smallest absolute Gasteiger partial charge is 0.173 e. The van der Waals surface area contributed by atoms with E-state index in [0.717, 1.165) is 12.8 Å². The van der Waals surface area contributed by atoms with E-state index < -0.39 is 36.7 Å². The first kappa shape index (κ1) is 17.0. The molecule has 1 saturated heterocycles. The van der Waals surface area contributed by atoms with Crippen LogP contribution in [-0.2, 0) is 9.47 Å². The van der Waals surface area contributed by atoms with Crippen molar-refractivity contribution in [3.63, 3.8) is 0 Å². The molecule has 1 aliphatic heterocycles. The highest BCUT2D eigenvalue weighted by molar-refractivity contribution is 4.99. The summed E-state index contributed by atoms with van der Waals surface area (Å²) in [7, 11) is 1.68. The molecule has 124 valence electrons. The molecule has 2 fully saturated rings. The third-order valence-electron chi connectivity index (χ3n) is 4.44. The summed E-state index contributed by atoms with van der Waals surface area (Å²) >= 11 is 0. The second kappa shape index (κ2) is 7.30. The van der Waals surface area contributed by atoms with Crippen LogP contribution in [0.25, 0.3) is 0 Å². The highest BCUT2D eigenvalue weighted by Crippen LogP contribution is 2.26. The van der Waals surface area contributed by atoms with E-state index >= 15 is 0 Å². The molecule has 0 unspecified atom stereocenters. The van der Waals surface area contributed by atoms with Crippen molar-refractivity contribution < 1.29 is 19.7 Å². The Morgan fingerprint density at radius 1 is 1.24 bits per heavy atom. The lowest BCUT2D eigenvalue weighted by Gasteiger charge is -2.44. The average Bonchev–Trinajstić information content (AvgIpc) is 2.45. The quantitative estimate of drug-likeness (QED) is 0.326. The van der Waals surface area contributed by atoms with Crippen LogP contribution in [0.1, 0.15) is 19.3 Å². The molecule has 0 aromatic heterocycles. The number of nitrogens with one attached hydrogen (secondary N) is 1. The lowest BCUT2D eigenvalue weighted by molar-refractivity contribution is -0.248. The fourth-order valence-electron chi connectivity index (χ4n) is 3.12. The molecule has 0 aromatic rings. The third kappa shape index (κ3) is 3.72. The molecule has 0 amide bonds. The van der Waals surface area contributed by atoms with Gasteiger partial charge in [0.15, 0.2) is 6.29 Å². The van der Waals surface area contributed by atoms with Crippen molar-refractivity contribution in [2.45, 2.75) is 68.1 Å². The molecule has 21 heavy (non-hydrogen) atoms. The van der Waals surface area contributed by atoms with E-state index in [4.69, 9.17) is 26.7 Å². The predicted octanol–water partition coefficient (Wildman–Crippen LogP) is -2.80. The molecule has 1 heterocycles. The second-order valence-corrected chi connectivity index (χ2v) is 5.98. The van der Waals surface area contributed by atoms with Crippen LogP contribution in [0.2, 0.25) is 0 Å². The summed E-state index contributed by atoms with van der Waals surface area (Å²) in [6, 6.07) is -1.24. The van der Waals surface area contributed by atoms with Crippen LogP contribution in [0.15, 0.2) is 0 Å². The van der Waals surface area contributed by atoms with Crippen LogP contribution in [-0.4, -0.2) is 72.6 Å². The number of aliphatic hydroxyl groups excluding tert-OH is 2. The molecular weight excluding hydrogens is 276 g/mol. The summed E-state index contributed by atoms with van der Waals surface area (Å²) < 4.78 is 11.6. The zero-order valence-electron chi connectivity index (χ0n) is 12.4. The maximum atomic E-state index is 10.4. The Morgan fingerprint density at radius 3 is 2.57 bits per heavy atom. The van der Waals surface area contributed by atoms with Crippen molar-refractivity contribution in [1.82, 2.24) is 5.32 Å². The topological polar surface area (TPSA) is 149 Å². The van der Waals surface area contributed by atoms with Gasteiger partial charge in [-0.25, -0.2) is 0 Å². The van der Waals surface area contributed by atoms with E-state index in [1.54, 1.807) is 7.05 Å². The van der Waals surface area contributed by atoms with E-state index in [9.17, 15) is 10.2 Å². The highest BCUT2D eigenvalue weighted by Gasteiger charge is 2.44. The zero-order chi connectivity index (χ0) is 15.6. The number of hydrogen-bond donors (Lipinski definition) is 6. The molecular formula is C13H28N4O4. The highest BCUT2D eigenvalue weighted by atomic mass is 16.7. The van der Waals surface area contributed by atoms with E-state index in [2.05, 4.69) is 5.32 Å². The van der Waals surface area contributed by atoms with Crippen LogP contribution in [0.5, 0.6) is 0 Å². The van der Waals surface area contributed by atoms with Gasteiger partial charge < -0.3 is 42.2 Å². The zero-order valence-corrected chi connectivity index (χ0v) is 12.4. The van der Waals surface area contributed by atoms with Crippen LogP contribution >= 0.6 is 0 Å². The van der Waals surface area contributed by atoms with E-state index in [1.807, 2.05) is 0 Å². The molecule has 2 rings (SSSR count). The maximum Gasteiger partial charge on any atom is 0.173 e. The molecule has 8 atom stereocenters. The minimum Gasteiger partial charge on any atom is -0.391 e. The number of ether oxygens (including phenoxy) is 2. The van der Waals surface area contributed by atoms with Crippen molar-refractivity contribution in [2.75, 3.05) is 13.6 Å². The molecule has 8 nitrogen and oxygen atoms in total. The summed E-state index contributed by atoms with van der Waals surface area (Å²) in [5, 5.41) is 23.2. The molecule has 0 aromatic carbocycles. The molecule has 1 saturated carbocycles. The van der Waals surface area contributed by atoms with Crippen LogP contribution in [0, 0.1) is 0 Å². The average molecular weight is 304 g/mol. The number of likely N-dealkylation sites (N-methyl/N-ethyl adjacent to an activating group) is 1. The van der Waals surface area contributed by atoms with Gasteiger partial charge in [0.05, 0.1) is 30.4 Å². The summed E-state index contributed by atoms with van der Waals surface area (Å²) in [6.45, 7) is 0.406. The van der Waals surface area contributed by atoms with Gasteiger partial charge in [0.1, 0.15) is 6.10 Å². The Morgan fingerprint density at radius 2 is 1.95 bits per heavy atom. The lowest BCUT2D eigenvalue weighted by atomic mass is 9.84. The van der Waals surface area contributed by atoms with E-state index in [1.165, 1.54) is 0 Å². The number of rotatable bonds is 4. The summed E-state index contributed by atoms with van der Waals surface area (Å²) in [4.78, 5) is 0. The Balaban J connectivity index is 2.02. The minimum atomic E-state index is -0.928.